The van der Waals surface area contributed by atoms with E-state index in [1.54, 1.807) is 4.90 Å². The average molecular weight is 381 g/mol. The van der Waals surface area contributed by atoms with Crippen LogP contribution in [0.3, 0.4) is 0 Å². The number of amides is 2. The molecular weight excluding hydrogens is 348 g/mol. The second-order valence-electron chi connectivity index (χ2n) is 7.25. The third-order valence-corrected chi connectivity index (χ3v) is 5.08. The van der Waals surface area contributed by atoms with Gasteiger partial charge in [0.25, 0.3) is 0 Å². The van der Waals surface area contributed by atoms with Gasteiger partial charge in [0.15, 0.2) is 0 Å². The molecule has 2 amide bonds. The molecule has 0 heterocycles. The van der Waals surface area contributed by atoms with Crippen LogP contribution in [-0.4, -0.2) is 35.8 Å². The number of aryl methyl sites for hydroxylation is 1. The third kappa shape index (κ3) is 6.52. The highest BCUT2D eigenvalue weighted by molar-refractivity contribution is 5.88. The molecule has 4 heteroatoms. The SMILES string of the molecule is CCCCNC(=O)[C@@H](C)N(CCc1ccccc1)C(=O)Cc1ccccc1C. The molecule has 0 aliphatic carbocycles. The Labute approximate surface area is 169 Å². The smallest absolute Gasteiger partial charge is 0.242 e. The molecule has 2 aromatic carbocycles. The number of rotatable bonds is 10. The maximum absolute atomic E-state index is 13.1. The number of carbonyl (C=O) groups is 2. The number of carbonyl (C=O) groups excluding carboxylic acids is 2. The second kappa shape index (κ2) is 11.3. The number of nitrogens with zero attached hydrogens (tertiary/aromatic N) is 1. The summed E-state index contributed by atoms with van der Waals surface area (Å²) in [6.45, 7) is 7.10. The first-order chi connectivity index (χ1) is 13.5. The molecule has 0 aromatic heterocycles. The highest BCUT2D eigenvalue weighted by Crippen LogP contribution is 2.12. The van der Waals surface area contributed by atoms with Crippen LogP contribution >= 0.6 is 0 Å². The lowest BCUT2D eigenvalue weighted by atomic mass is 10.0. The number of hydrogen-bond donors (Lipinski definition) is 1. The molecule has 4 nitrogen and oxygen atoms in total. The highest BCUT2D eigenvalue weighted by atomic mass is 16.2. The number of benzene rings is 2. The van der Waals surface area contributed by atoms with Crippen LogP contribution in [0.2, 0.25) is 0 Å². The molecule has 0 unspecified atom stereocenters. The average Bonchev–Trinajstić information content (AvgIpc) is 2.70. The fraction of sp³-hybridized carbons (Fsp3) is 0.417. The lowest BCUT2D eigenvalue weighted by Gasteiger charge is -2.29. The van der Waals surface area contributed by atoms with Crippen molar-refractivity contribution in [2.75, 3.05) is 13.1 Å². The molecule has 2 aromatic rings. The standard InChI is InChI=1S/C24H32N2O2/c1-4-5-16-25-24(28)20(3)26(17-15-21-12-7-6-8-13-21)23(27)18-22-14-10-9-11-19(22)2/h6-14,20H,4-5,15-18H2,1-3H3,(H,25,28)/t20-/m1/s1. The summed E-state index contributed by atoms with van der Waals surface area (Å²) in [6.07, 6.45) is 3.01. The van der Waals surface area contributed by atoms with Crippen LogP contribution in [-0.2, 0) is 22.4 Å². The largest absolute Gasteiger partial charge is 0.354 e. The van der Waals surface area contributed by atoms with Crippen molar-refractivity contribution in [3.63, 3.8) is 0 Å². The van der Waals surface area contributed by atoms with Crippen LogP contribution in [0.1, 0.15) is 43.4 Å². The van der Waals surface area contributed by atoms with E-state index in [1.807, 2.05) is 56.3 Å². The molecule has 1 atom stereocenters. The molecule has 0 radical (unpaired) electrons. The molecule has 0 aliphatic rings. The first-order valence-corrected chi connectivity index (χ1v) is 10.2. The summed E-state index contributed by atoms with van der Waals surface area (Å²) in [5.41, 5.74) is 3.27. The monoisotopic (exact) mass is 380 g/mol. The molecule has 2 rings (SSSR count). The van der Waals surface area contributed by atoms with Crippen molar-refractivity contribution < 1.29 is 9.59 Å². The third-order valence-electron chi connectivity index (χ3n) is 5.08. The Kier molecular flexibility index (Phi) is 8.73. The Morgan fingerprint density at radius 3 is 2.39 bits per heavy atom. The molecule has 150 valence electrons. The molecule has 0 aliphatic heterocycles. The maximum atomic E-state index is 13.1. The summed E-state index contributed by atoms with van der Waals surface area (Å²) in [4.78, 5) is 27.4. The fourth-order valence-corrected chi connectivity index (χ4v) is 3.18. The predicted molar refractivity (Wildman–Crippen MR) is 114 cm³/mol. The van der Waals surface area contributed by atoms with E-state index in [9.17, 15) is 9.59 Å². The summed E-state index contributed by atoms with van der Waals surface area (Å²) in [5, 5.41) is 2.96. The van der Waals surface area contributed by atoms with E-state index in [0.717, 1.165) is 36.0 Å². The minimum absolute atomic E-state index is 0.0108. The Morgan fingerprint density at radius 1 is 1.04 bits per heavy atom. The Morgan fingerprint density at radius 2 is 1.71 bits per heavy atom. The Bertz CT molecular complexity index is 758. The first-order valence-electron chi connectivity index (χ1n) is 10.2. The molecular formula is C24H32N2O2. The zero-order chi connectivity index (χ0) is 20.4. The van der Waals surface area contributed by atoms with E-state index in [2.05, 4.69) is 24.4 Å². The van der Waals surface area contributed by atoms with Gasteiger partial charge in [-0.25, -0.2) is 0 Å². The van der Waals surface area contributed by atoms with Crippen molar-refractivity contribution in [2.45, 2.75) is 52.5 Å². The summed E-state index contributed by atoms with van der Waals surface area (Å²) < 4.78 is 0. The molecule has 0 spiro atoms. The van der Waals surface area contributed by atoms with E-state index in [0.29, 0.717) is 19.5 Å². The van der Waals surface area contributed by atoms with Crippen LogP contribution in [0.4, 0.5) is 0 Å². The van der Waals surface area contributed by atoms with Crippen molar-refractivity contribution in [1.29, 1.82) is 0 Å². The van der Waals surface area contributed by atoms with E-state index in [4.69, 9.17) is 0 Å². The normalized spacial score (nSPS) is 11.7. The summed E-state index contributed by atoms with van der Waals surface area (Å²) >= 11 is 0. The van der Waals surface area contributed by atoms with Gasteiger partial charge in [0.2, 0.25) is 11.8 Å². The summed E-state index contributed by atoms with van der Waals surface area (Å²) in [5.74, 6) is -0.0944. The van der Waals surface area contributed by atoms with Gasteiger partial charge in [-0.3, -0.25) is 9.59 Å². The van der Waals surface area contributed by atoms with E-state index < -0.39 is 6.04 Å². The summed E-state index contributed by atoms with van der Waals surface area (Å²) in [6, 6.07) is 17.5. The Balaban J connectivity index is 2.10. The van der Waals surface area contributed by atoms with Gasteiger partial charge in [-0.15, -0.1) is 0 Å². The van der Waals surface area contributed by atoms with Crippen LogP contribution < -0.4 is 5.32 Å². The van der Waals surface area contributed by atoms with Crippen LogP contribution in [0.5, 0.6) is 0 Å². The van der Waals surface area contributed by atoms with E-state index >= 15 is 0 Å². The van der Waals surface area contributed by atoms with Crippen LogP contribution in [0.25, 0.3) is 0 Å². The first kappa shape index (κ1) is 21.7. The lowest BCUT2D eigenvalue weighted by molar-refractivity contribution is -0.139. The van der Waals surface area contributed by atoms with Crippen molar-refractivity contribution in [3.8, 4) is 0 Å². The van der Waals surface area contributed by atoms with E-state index in [1.165, 1.54) is 0 Å². The molecule has 0 fully saturated rings. The van der Waals surface area contributed by atoms with Crippen LogP contribution in [0.15, 0.2) is 54.6 Å². The van der Waals surface area contributed by atoms with Gasteiger partial charge in [-0.2, -0.15) is 0 Å². The van der Waals surface area contributed by atoms with Crippen molar-refractivity contribution in [1.82, 2.24) is 10.2 Å². The molecule has 0 bridgehead atoms. The number of nitrogens with one attached hydrogen (secondary N) is 1. The van der Waals surface area contributed by atoms with Crippen molar-refractivity contribution in [3.05, 3.63) is 71.3 Å². The van der Waals surface area contributed by atoms with Gasteiger partial charge in [0.05, 0.1) is 6.42 Å². The van der Waals surface area contributed by atoms with Gasteiger partial charge in [0.1, 0.15) is 6.04 Å². The van der Waals surface area contributed by atoms with Gasteiger partial charge in [0, 0.05) is 13.1 Å². The van der Waals surface area contributed by atoms with Crippen molar-refractivity contribution in [2.24, 2.45) is 0 Å². The number of hydrogen-bond acceptors (Lipinski definition) is 2. The minimum atomic E-state index is -0.489. The van der Waals surface area contributed by atoms with Gasteiger partial charge >= 0.3 is 0 Å². The molecule has 1 N–H and O–H groups in total. The zero-order valence-electron chi connectivity index (χ0n) is 17.3. The summed E-state index contributed by atoms with van der Waals surface area (Å²) in [7, 11) is 0. The predicted octanol–water partition coefficient (Wildman–Crippen LogP) is 3.91. The van der Waals surface area contributed by atoms with Gasteiger partial charge in [-0.1, -0.05) is 67.9 Å². The minimum Gasteiger partial charge on any atom is -0.354 e. The quantitative estimate of drug-likeness (QED) is 0.635. The molecule has 0 saturated heterocycles. The fourth-order valence-electron chi connectivity index (χ4n) is 3.18. The number of unbranched alkanes of at least 4 members (excludes halogenated alkanes) is 1. The zero-order valence-corrected chi connectivity index (χ0v) is 17.3. The highest BCUT2D eigenvalue weighted by Gasteiger charge is 2.25. The van der Waals surface area contributed by atoms with Crippen molar-refractivity contribution >= 4 is 11.8 Å². The lowest BCUT2D eigenvalue weighted by Crippen LogP contribution is -2.49. The second-order valence-corrected chi connectivity index (χ2v) is 7.25. The molecule has 0 saturated carbocycles. The maximum Gasteiger partial charge on any atom is 0.242 e. The molecule has 28 heavy (non-hydrogen) atoms. The topological polar surface area (TPSA) is 49.4 Å². The van der Waals surface area contributed by atoms with Gasteiger partial charge in [-0.05, 0) is 43.4 Å². The van der Waals surface area contributed by atoms with Gasteiger partial charge < -0.3 is 10.2 Å². The van der Waals surface area contributed by atoms with Crippen LogP contribution in [0, 0.1) is 6.92 Å². The Hall–Kier alpha value is -2.62. The van der Waals surface area contributed by atoms with E-state index in [-0.39, 0.29) is 11.8 Å².